The molecule has 0 spiro atoms. The fraction of sp³-hybridized carbons (Fsp3) is 0.533. The molecule has 1 aliphatic rings. The zero-order valence-electron chi connectivity index (χ0n) is 12.9. The van der Waals surface area contributed by atoms with Gasteiger partial charge in [0.2, 0.25) is 10.0 Å². The van der Waals surface area contributed by atoms with E-state index in [1.807, 2.05) is 0 Å². The average molecular weight is 342 g/mol. The van der Waals surface area contributed by atoms with Gasteiger partial charge in [-0.25, -0.2) is 13.2 Å². The summed E-state index contributed by atoms with van der Waals surface area (Å²) in [5, 5.41) is 8.52. The molecular weight excluding hydrogens is 320 g/mol. The van der Waals surface area contributed by atoms with E-state index in [9.17, 15) is 13.2 Å². The molecule has 1 heterocycles. The quantitative estimate of drug-likeness (QED) is 0.726. The molecule has 1 saturated heterocycles. The summed E-state index contributed by atoms with van der Waals surface area (Å²) in [7, 11) is -3.45. The van der Waals surface area contributed by atoms with Gasteiger partial charge < -0.3 is 9.84 Å². The summed E-state index contributed by atoms with van der Waals surface area (Å²) in [5.41, 5.74) is 0. The van der Waals surface area contributed by atoms with Crippen LogP contribution in [0.5, 0.6) is 0 Å². The smallest absolute Gasteiger partial charge is 0.329 e. The van der Waals surface area contributed by atoms with Gasteiger partial charge in [0, 0.05) is 26.2 Å². The van der Waals surface area contributed by atoms with Crippen molar-refractivity contribution in [3.8, 4) is 0 Å². The number of hydrogen-bond donors (Lipinski definition) is 1. The van der Waals surface area contributed by atoms with Crippen LogP contribution in [0.2, 0.25) is 0 Å². The number of benzene rings is 1. The van der Waals surface area contributed by atoms with E-state index in [4.69, 9.17) is 9.84 Å². The highest BCUT2D eigenvalue weighted by Gasteiger charge is 2.26. The van der Waals surface area contributed by atoms with Gasteiger partial charge in [-0.3, -0.25) is 4.90 Å². The number of carbonyl (C=O) groups is 1. The summed E-state index contributed by atoms with van der Waals surface area (Å²) in [6.07, 6.45) is 0.741. The molecule has 1 aromatic carbocycles. The maximum absolute atomic E-state index is 12.6. The minimum Gasteiger partial charge on any atom is -0.480 e. The molecule has 23 heavy (non-hydrogen) atoms. The molecule has 0 radical (unpaired) electrons. The Labute approximate surface area is 136 Å². The lowest BCUT2D eigenvalue weighted by molar-refractivity contribution is -0.142. The molecular formula is C15H22N2O5S. The second-order valence-corrected chi connectivity index (χ2v) is 7.30. The summed E-state index contributed by atoms with van der Waals surface area (Å²) in [6, 6.07) is 8.45. The number of nitrogens with zero attached hydrogens (tertiary/aromatic N) is 2. The van der Waals surface area contributed by atoms with Gasteiger partial charge in [0.05, 0.1) is 11.5 Å². The van der Waals surface area contributed by atoms with Gasteiger partial charge in [-0.15, -0.1) is 0 Å². The number of carboxylic acid groups (broad SMARTS) is 1. The third-order valence-corrected chi connectivity index (χ3v) is 5.62. The van der Waals surface area contributed by atoms with Gasteiger partial charge in [-0.05, 0) is 25.1 Å². The molecule has 1 fully saturated rings. The third kappa shape index (κ3) is 5.28. The van der Waals surface area contributed by atoms with Crippen LogP contribution in [0.25, 0.3) is 0 Å². The van der Waals surface area contributed by atoms with Crippen molar-refractivity contribution in [2.75, 3.05) is 45.9 Å². The summed E-state index contributed by atoms with van der Waals surface area (Å²) < 4.78 is 31.7. The third-order valence-electron chi connectivity index (χ3n) is 3.71. The van der Waals surface area contributed by atoms with E-state index in [0.29, 0.717) is 37.7 Å². The van der Waals surface area contributed by atoms with Crippen LogP contribution in [0.3, 0.4) is 0 Å². The first-order chi connectivity index (χ1) is 11.0. The molecule has 0 saturated carbocycles. The van der Waals surface area contributed by atoms with Crippen LogP contribution in [0.4, 0.5) is 0 Å². The highest BCUT2D eigenvalue weighted by Crippen LogP contribution is 2.17. The monoisotopic (exact) mass is 342 g/mol. The highest BCUT2D eigenvalue weighted by atomic mass is 32.2. The van der Waals surface area contributed by atoms with E-state index >= 15 is 0 Å². The number of ether oxygens (including phenoxy) is 1. The van der Waals surface area contributed by atoms with Crippen LogP contribution in [0.1, 0.15) is 6.42 Å². The van der Waals surface area contributed by atoms with Crippen LogP contribution >= 0.6 is 0 Å². The minimum absolute atomic E-state index is 0.303. The van der Waals surface area contributed by atoms with Crippen LogP contribution in [-0.4, -0.2) is 74.6 Å². The maximum atomic E-state index is 12.6. The van der Waals surface area contributed by atoms with Gasteiger partial charge in [0.1, 0.15) is 6.61 Å². The Bertz CT molecular complexity index is 606. The molecule has 0 unspecified atom stereocenters. The Balaban J connectivity index is 1.87. The van der Waals surface area contributed by atoms with E-state index < -0.39 is 16.0 Å². The topological polar surface area (TPSA) is 87.2 Å². The first-order valence-corrected chi connectivity index (χ1v) is 9.01. The number of carboxylic acids is 1. The molecule has 2 rings (SSSR count). The Kier molecular flexibility index (Phi) is 6.52. The van der Waals surface area contributed by atoms with Crippen molar-refractivity contribution in [1.29, 1.82) is 0 Å². The summed E-state index contributed by atoms with van der Waals surface area (Å²) >= 11 is 0. The fourth-order valence-corrected chi connectivity index (χ4v) is 4.00. The second-order valence-electron chi connectivity index (χ2n) is 5.36. The Morgan fingerprint density at radius 3 is 2.57 bits per heavy atom. The minimum atomic E-state index is -3.45. The van der Waals surface area contributed by atoms with Crippen LogP contribution < -0.4 is 0 Å². The molecule has 0 aromatic heterocycles. The Hall–Kier alpha value is -1.48. The highest BCUT2D eigenvalue weighted by molar-refractivity contribution is 7.89. The molecule has 1 aromatic rings. The predicted octanol–water partition coefficient (Wildman–Crippen LogP) is 0.484. The Morgan fingerprint density at radius 2 is 1.87 bits per heavy atom. The van der Waals surface area contributed by atoms with Crippen LogP contribution in [0, 0.1) is 0 Å². The lowest BCUT2D eigenvalue weighted by Crippen LogP contribution is -2.36. The largest absolute Gasteiger partial charge is 0.480 e. The summed E-state index contributed by atoms with van der Waals surface area (Å²) in [4.78, 5) is 12.8. The van der Waals surface area contributed by atoms with Crippen molar-refractivity contribution in [3.63, 3.8) is 0 Å². The van der Waals surface area contributed by atoms with Crippen LogP contribution in [0.15, 0.2) is 35.2 Å². The van der Waals surface area contributed by atoms with Crippen molar-refractivity contribution in [3.05, 3.63) is 30.3 Å². The van der Waals surface area contributed by atoms with Crippen molar-refractivity contribution < 1.29 is 23.1 Å². The molecule has 7 nitrogen and oxygen atoms in total. The number of rotatable bonds is 7. The summed E-state index contributed by atoms with van der Waals surface area (Å²) in [6.45, 7) is 2.94. The number of sulfonamides is 1. The fourth-order valence-electron chi connectivity index (χ4n) is 2.51. The first kappa shape index (κ1) is 17.9. The standard InChI is InChI=1S/C15H22N2O5S/c18-15(19)13-22-12-11-16-7-4-8-17(10-9-16)23(20,21)14-5-2-1-3-6-14/h1-3,5-6H,4,7-13H2,(H,18,19). The molecule has 1 aliphatic heterocycles. The van der Waals surface area contributed by atoms with Crippen LogP contribution in [-0.2, 0) is 19.6 Å². The van der Waals surface area contributed by atoms with E-state index in [1.54, 1.807) is 30.3 Å². The van der Waals surface area contributed by atoms with Crippen molar-refractivity contribution in [2.45, 2.75) is 11.3 Å². The second kappa shape index (κ2) is 8.39. The lowest BCUT2D eigenvalue weighted by Gasteiger charge is -2.21. The maximum Gasteiger partial charge on any atom is 0.329 e. The predicted molar refractivity (Wildman–Crippen MR) is 84.7 cm³/mol. The molecule has 1 N–H and O–H groups in total. The van der Waals surface area contributed by atoms with Gasteiger partial charge in [0.15, 0.2) is 0 Å². The molecule has 8 heteroatoms. The Morgan fingerprint density at radius 1 is 1.13 bits per heavy atom. The van der Waals surface area contributed by atoms with Crippen molar-refractivity contribution >= 4 is 16.0 Å². The molecule has 0 amide bonds. The SMILES string of the molecule is O=C(O)COCCN1CCCN(S(=O)(=O)c2ccccc2)CC1. The van der Waals surface area contributed by atoms with Gasteiger partial charge in [0.25, 0.3) is 0 Å². The van der Waals surface area contributed by atoms with E-state index in [2.05, 4.69) is 4.90 Å². The van der Waals surface area contributed by atoms with Crippen molar-refractivity contribution in [1.82, 2.24) is 9.21 Å². The average Bonchev–Trinajstić information content (AvgIpc) is 2.78. The van der Waals surface area contributed by atoms with Gasteiger partial charge in [-0.1, -0.05) is 18.2 Å². The zero-order chi connectivity index (χ0) is 16.7. The first-order valence-electron chi connectivity index (χ1n) is 7.57. The van der Waals surface area contributed by atoms with E-state index in [0.717, 1.165) is 13.0 Å². The van der Waals surface area contributed by atoms with E-state index in [1.165, 1.54) is 4.31 Å². The molecule has 0 atom stereocenters. The zero-order valence-corrected chi connectivity index (χ0v) is 13.7. The summed E-state index contributed by atoms with van der Waals surface area (Å²) in [5.74, 6) is -0.985. The van der Waals surface area contributed by atoms with E-state index in [-0.39, 0.29) is 6.61 Å². The normalized spacial score (nSPS) is 17.7. The van der Waals surface area contributed by atoms with Gasteiger partial charge in [-0.2, -0.15) is 4.31 Å². The van der Waals surface area contributed by atoms with Crippen molar-refractivity contribution in [2.24, 2.45) is 0 Å². The lowest BCUT2D eigenvalue weighted by atomic mass is 10.4. The number of hydrogen-bond acceptors (Lipinski definition) is 5. The number of aliphatic carboxylic acids is 1. The molecule has 0 aliphatic carbocycles. The molecule has 128 valence electrons. The van der Waals surface area contributed by atoms with Gasteiger partial charge >= 0.3 is 5.97 Å². The molecule has 0 bridgehead atoms.